The highest BCUT2D eigenvalue weighted by Crippen LogP contribution is 2.30. The van der Waals surface area contributed by atoms with Crippen LogP contribution in [0.15, 0.2) is 46.2 Å². The zero-order valence-electron chi connectivity index (χ0n) is 11.3. The standard InChI is InChI=1S/C15H15N3OS/c1-10-8-9-20-13(10)15-18-17-14(19-15)12(16-2)11-6-4-3-5-7-11/h3-9,12,16H,1-2H3. The van der Waals surface area contributed by atoms with Crippen LogP contribution in [0.2, 0.25) is 0 Å². The topological polar surface area (TPSA) is 51.0 Å². The van der Waals surface area contributed by atoms with Crippen LogP contribution in [0.5, 0.6) is 0 Å². The van der Waals surface area contributed by atoms with Crippen molar-refractivity contribution in [2.45, 2.75) is 13.0 Å². The molecule has 0 aliphatic heterocycles. The number of thiophene rings is 1. The first-order valence-corrected chi connectivity index (χ1v) is 7.27. The SMILES string of the molecule is CNC(c1ccccc1)c1nnc(-c2sccc2C)o1. The molecule has 20 heavy (non-hydrogen) atoms. The molecule has 0 fully saturated rings. The van der Waals surface area contributed by atoms with E-state index in [2.05, 4.69) is 21.6 Å². The van der Waals surface area contributed by atoms with Gasteiger partial charge in [0.25, 0.3) is 5.89 Å². The van der Waals surface area contributed by atoms with E-state index >= 15 is 0 Å². The predicted molar refractivity (Wildman–Crippen MR) is 79.7 cm³/mol. The van der Waals surface area contributed by atoms with Crippen LogP contribution in [0.1, 0.15) is 23.1 Å². The average Bonchev–Trinajstić information content (AvgIpc) is 3.10. The number of benzene rings is 1. The van der Waals surface area contributed by atoms with Crippen molar-refractivity contribution in [2.24, 2.45) is 0 Å². The van der Waals surface area contributed by atoms with Crippen LogP contribution in [0.4, 0.5) is 0 Å². The van der Waals surface area contributed by atoms with E-state index < -0.39 is 0 Å². The van der Waals surface area contributed by atoms with Crippen LogP contribution in [0.25, 0.3) is 10.8 Å². The third kappa shape index (κ3) is 2.37. The second-order valence-corrected chi connectivity index (χ2v) is 5.43. The molecule has 5 heteroatoms. The summed E-state index contributed by atoms with van der Waals surface area (Å²) in [5, 5.41) is 13.6. The zero-order chi connectivity index (χ0) is 13.9. The van der Waals surface area contributed by atoms with Crippen molar-refractivity contribution < 1.29 is 4.42 Å². The van der Waals surface area contributed by atoms with Gasteiger partial charge in [0.15, 0.2) is 0 Å². The van der Waals surface area contributed by atoms with Crippen molar-refractivity contribution in [3.8, 4) is 10.8 Å². The maximum atomic E-state index is 5.84. The Hall–Kier alpha value is -1.98. The molecule has 3 rings (SSSR count). The lowest BCUT2D eigenvalue weighted by molar-refractivity contribution is 0.456. The minimum absolute atomic E-state index is 0.0854. The van der Waals surface area contributed by atoms with Gasteiger partial charge in [0.2, 0.25) is 5.89 Å². The van der Waals surface area contributed by atoms with Crippen molar-refractivity contribution in [3.05, 3.63) is 58.8 Å². The normalized spacial score (nSPS) is 12.5. The third-order valence-electron chi connectivity index (χ3n) is 3.17. The summed E-state index contributed by atoms with van der Waals surface area (Å²) in [7, 11) is 1.89. The van der Waals surface area contributed by atoms with E-state index in [0.717, 1.165) is 16.0 Å². The van der Waals surface area contributed by atoms with Crippen molar-refractivity contribution in [1.82, 2.24) is 15.5 Å². The van der Waals surface area contributed by atoms with Gasteiger partial charge in [-0.25, -0.2) is 0 Å². The van der Waals surface area contributed by atoms with Gasteiger partial charge >= 0.3 is 0 Å². The number of aromatic nitrogens is 2. The van der Waals surface area contributed by atoms with Crippen LogP contribution in [0, 0.1) is 6.92 Å². The number of nitrogens with zero attached hydrogens (tertiary/aromatic N) is 2. The number of hydrogen-bond acceptors (Lipinski definition) is 5. The Labute approximate surface area is 121 Å². The van der Waals surface area contributed by atoms with Gasteiger partial charge in [0.05, 0.1) is 4.88 Å². The summed E-state index contributed by atoms with van der Waals surface area (Å²) in [5.74, 6) is 1.17. The third-order valence-corrected chi connectivity index (χ3v) is 4.17. The highest BCUT2D eigenvalue weighted by molar-refractivity contribution is 7.13. The van der Waals surface area contributed by atoms with Crippen LogP contribution < -0.4 is 5.32 Å². The smallest absolute Gasteiger partial charge is 0.258 e. The first kappa shape index (κ1) is 13.0. The molecule has 4 nitrogen and oxygen atoms in total. The Morgan fingerprint density at radius 2 is 1.95 bits per heavy atom. The van der Waals surface area contributed by atoms with Crippen molar-refractivity contribution >= 4 is 11.3 Å². The van der Waals surface area contributed by atoms with Gasteiger partial charge in [0.1, 0.15) is 6.04 Å². The van der Waals surface area contributed by atoms with Crippen LogP contribution in [-0.2, 0) is 0 Å². The molecule has 0 saturated carbocycles. The Morgan fingerprint density at radius 3 is 2.60 bits per heavy atom. The lowest BCUT2D eigenvalue weighted by Crippen LogP contribution is -2.17. The molecule has 102 valence electrons. The Bertz CT molecular complexity index is 690. The molecule has 0 amide bonds. The molecule has 0 radical (unpaired) electrons. The summed E-state index contributed by atoms with van der Waals surface area (Å²) in [6.45, 7) is 2.04. The van der Waals surface area contributed by atoms with Gasteiger partial charge in [0, 0.05) is 0 Å². The second-order valence-electron chi connectivity index (χ2n) is 4.51. The van der Waals surface area contributed by atoms with E-state index in [4.69, 9.17) is 4.42 Å². The van der Waals surface area contributed by atoms with Gasteiger partial charge < -0.3 is 9.73 Å². The molecular weight excluding hydrogens is 270 g/mol. The fourth-order valence-corrected chi connectivity index (χ4v) is 2.96. The van der Waals surface area contributed by atoms with Crippen molar-refractivity contribution in [2.75, 3.05) is 7.05 Å². The molecule has 0 bridgehead atoms. The fraction of sp³-hybridized carbons (Fsp3) is 0.200. The second kappa shape index (κ2) is 5.56. The molecule has 1 unspecified atom stereocenters. The molecule has 1 atom stereocenters. The fourth-order valence-electron chi connectivity index (χ4n) is 2.11. The quantitative estimate of drug-likeness (QED) is 0.798. The minimum Gasteiger partial charge on any atom is -0.418 e. The molecule has 0 saturated heterocycles. The monoisotopic (exact) mass is 285 g/mol. The summed E-state index contributed by atoms with van der Waals surface area (Å²) in [6, 6.07) is 12.0. The van der Waals surface area contributed by atoms with Crippen molar-refractivity contribution in [3.63, 3.8) is 0 Å². The molecule has 1 N–H and O–H groups in total. The predicted octanol–water partition coefficient (Wildman–Crippen LogP) is 3.42. The van der Waals surface area contributed by atoms with Crippen molar-refractivity contribution in [1.29, 1.82) is 0 Å². The number of rotatable bonds is 4. The summed E-state index contributed by atoms with van der Waals surface area (Å²) in [5.41, 5.74) is 2.26. The van der Waals surface area contributed by atoms with Gasteiger partial charge in [-0.05, 0) is 36.5 Å². The summed E-state index contributed by atoms with van der Waals surface area (Å²) >= 11 is 1.61. The minimum atomic E-state index is -0.0854. The Balaban J connectivity index is 1.95. The lowest BCUT2D eigenvalue weighted by atomic mass is 10.1. The van der Waals surface area contributed by atoms with Gasteiger partial charge in [-0.15, -0.1) is 21.5 Å². The summed E-state index contributed by atoms with van der Waals surface area (Å²) in [4.78, 5) is 1.03. The van der Waals surface area contributed by atoms with Gasteiger partial charge in [-0.2, -0.15) is 0 Å². The van der Waals surface area contributed by atoms with E-state index in [0.29, 0.717) is 11.8 Å². The maximum Gasteiger partial charge on any atom is 0.258 e. The molecule has 2 heterocycles. The van der Waals surface area contributed by atoms with E-state index in [1.165, 1.54) is 0 Å². The zero-order valence-corrected chi connectivity index (χ0v) is 12.1. The van der Waals surface area contributed by atoms with E-state index in [1.54, 1.807) is 11.3 Å². The molecule has 0 aliphatic carbocycles. The number of hydrogen-bond donors (Lipinski definition) is 1. The Morgan fingerprint density at radius 1 is 1.15 bits per heavy atom. The van der Waals surface area contributed by atoms with Gasteiger partial charge in [-0.1, -0.05) is 30.3 Å². The van der Waals surface area contributed by atoms with Crippen LogP contribution in [-0.4, -0.2) is 17.2 Å². The molecule has 3 aromatic rings. The largest absolute Gasteiger partial charge is 0.418 e. The number of nitrogens with one attached hydrogen (secondary N) is 1. The van der Waals surface area contributed by atoms with Crippen LogP contribution >= 0.6 is 11.3 Å². The molecule has 1 aromatic carbocycles. The molecule has 2 aromatic heterocycles. The Kier molecular flexibility index (Phi) is 3.62. The molecular formula is C15H15N3OS. The van der Waals surface area contributed by atoms with E-state index in [-0.39, 0.29) is 6.04 Å². The highest BCUT2D eigenvalue weighted by atomic mass is 32.1. The molecule has 0 aliphatic rings. The lowest BCUT2D eigenvalue weighted by Gasteiger charge is -2.11. The average molecular weight is 285 g/mol. The van der Waals surface area contributed by atoms with E-state index in [1.807, 2.05) is 49.7 Å². The first-order chi connectivity index (χ1) is 9.79. The van der Waals surface area contributed by atoms with Crippen LogP contribution in [0.3, 0.4) is 0 Å². The summed E-state index contributed by atoms with van der Waals surface area (Å²) in [6.07, 6.45) is 0. The maximum absolute atomic E-state index is 5.84. The molecule has 0 spiro atoms. The number of aryl methyl sites for hydroxylation is 1. The highest BCUT2D eigenvalue weighted by Gasteiger charge is 2.20. The summed E-state index contributed by atoms with van der Waals surface area (Å²) < 4.78 is 5.84. The van der Waals surface area contributed by atoms with Gasteiger partial charge in [-0.3, -0.25) is 0 Å². The van der Waals surface area contributed by atoms with E-state index in [9.17, 15) is 0 Å². The first-order valence-electron chi connectivity index (χ1n) is 6.39.